The van der Waals surface area contributed by atoms with Crippen molar-refractivity contribution >= 4 is 41.8 Å². The maximum absolute atomic E-state index is 7.25. The van der Waals surface area contributed by atoms with E-state index >= 15 is 0 Å². The molecule has 1 aliphatic rings. The van der Waals surface area contributed by atoms with Crippen molar-refractivity contribution in [2.45, 2.75) is 141 Å². The third-order valence-corrected chi connectivity index (χ3v) is 23.4. The first-order valence-corrected chi connectivity index (χ1v) is 23.3. The summed E-state index contributed by atoms with van der Waals surface area (Å²) in [6, 6.07) is 1.94. The highest BCUT2D eigenvalue weighted by Crippen LogP contribution is 2.47. The Morgan fingerprint density at radius 1 is 0.800 bits per heavy atom. The van der Waals surface area contributed by atoms with Gasteiger partial charge in [0.05, 0.1) is 18.5 Å². The fourth-order valence-corrected chi connectivity index (χ4v) is 7.68. The lowest BCUT2D eigenvalue weighted by molar-refractivity contribution is -0.0468. The van der Waals surface area contributed by atoms with Crippen LogP contribution in [-0.2, 0) is 18.0 Å². The number of nitrogens with zero attached hydrogens (tertiary/aromatic N) is 3. The molecule has 1 saturated heterocycles. The van der Waals surface area contributed by atoms with E-state index in [1.807, 2.05) is 6.07 Å². The largest absolute Gasteiger partial charge is 0.414 e. The number of rotatable bonds is 8. The van der Waals surface area contributed by atoms with Gasteiger partial charge in [-0.15, -0.1) is 0 Å². The van der Waals surface area contributed by atoms with Crippen molar-refractivity contribution in [1.29, 1.82) is 0 Å². The van der Waals surface area contributed by atoms with Crippen molar-refractivity contribution in [3.05, 3.63) is 18.6 Å². The molecule has 2 aromatic heterocycles. The minimum absolute atomic E-state index is 0.0140. The molecule has 2 aromatic rings. The summed E-state index contributed by atoms with van der Waals surface area (Å²) in [5, 5.41) is 0.127. The molecule has 0 aromatic carbocycles. The number of fused-ring (bicyclic) bond motifs is 1. The summed E-state index contributed by atoms with van der Waals surface area (Å²) in [4.78, 5) is 8.86. The van der Waals surface area contributed by atoms with E-state index in [4.69, 9.17) is 23.7 Å². The van der Waals surface area contributed by atoms with E-state index in [0.717, 1.165) is 5.52 Å². The Bertz CT molecular complexity index is 1180. The van der Waals surface area contributed by atoms with Gasteiger partial charge < -0.3 is 28.3 Å². The molecule has 0 unspecified atom stereocenters. The zero-order valence-corrected chi connectivity index (χ0v) is 30.8. The van der Waals surface area contributed by atoms with E-state index in [9.17, 15) is 0 Å². The van der Waals surface area contributed by atoms with E-state index in [2.05, 4.69) is 116 Å². The first-order chi connectivity index (χ1) is 17.9. The van der Waals surface area contributed by atoms with Crippen LogP contribution in [0, 0.1) is 0 Å². The maximum atomic E-state index is 7.25. The molecule has 0 saturated carbocycles. The Morgan fingerprint density at radius 2 is 1.30 bits per heavy atom. The molecule has 4 atom stereocenters. The number of nitrogens with two attached hydrogens (primary N) is 1. The summed E-state index contributed by atoms with van der Waals surface area (Å²) in [5.41, 5.74) is 7.74. The van der Waals surface area contributed by atoms with Crippen molar-refractivity contribution in [2.75, 3.05) is 12.3 Å². The number of nitrogen functional groups attached to an aromatic ring is 1. The molecule has 11 heteroatoms. The molecule has 40 heavy (non-hydrogen) atoms. The van der Waals surface area contributed by atoms with Crippen LogP contribution < -0.4 is 5.73 Å². The Morgan fingerprint density at radius 3 is 1.80 bits per heavy atom. The number of aromatic nitrogens is 3. The van der Waals surface area contributed by atoms with Gasteiger partial charge >= 0.3 is 0 Å². The predicted molar refractivity (Wildman–Crippen MR) is 173 cm³/mol. The summed E-state index contributed by atoms with van der Waals surface area (Å²) < 4.78 is 30.3. The molecular weight excluding hydrogens is 553 g/mol. The Kier molecular flexibility index (Phi) is 9.09. The normalized spacial score (nSPS) is 23.8. The van der Waals surface area contributed by atoms with Crippen LogP contribution in [0.25, 0.3) is 11.0 Å². The fourth-order valence-electron chi connectivity index (χ4n) is 4.06. The second-order valence-corrected chi connectivity index (χ2v) is 30.4. The van der Waals surface area contributed by atoms with Crippen molar-refractivity contribution in [1.82, 2.24) is 14.5 Å². The van der Waals surface area contributed by atoms with Crippen LogP contribution in [-0.4, -0.2) is 64.4 Å². The number of anilines is 1. The van der Waals surface area contributed by atoms with Gasteiger partial charge in [-0.25, -0.2) is 9.97 Å². The van der Waals surface area contributed by atoms with E-state index in [1.54, 1.807) is 12.5 Å². The van der Waals surface area contributed by atoms with Gasteiger partial charge in [-0.3, -0.25) is 0 Å². The zero-order chi connectivity index (χ0) is 30.7. The van der Waals surface area contributed by atoms with Gasteiger partial charge in [0.25, 0.3) is 0 Å². The summed E-state index contributed by atoms with van der Waals surface area (Å²) in [5.74, 6) is 0.406. The van der Waals surface area contributed by atoms with Crippen LogP contribution in [0.3, 0.4) is 0 Å². The fraction of sp³-hybridized carbons (Fsp3) is 0.793. The molecule has 3 heterocycles. The minimum atomic E-state index is -2.23. The van der Waals surface area contributed by atoms with Gasteiger partial charge in [-0.1, -0.05) is 62.3 Å². The monoisotopic (exact) mass is 608 g/mol. The SMILES string of the molecule is CC(C)(C)[Si](C)(C)OC[C@H]1O[C@@H](n2cnc3c(N)nccc32)[C@H](O[Si](C)(C)C(C)(C)C)[C@@H]1O[Si](C)(C)C(C)(C)C. The third kappa shape index (κ3) is 6.60. The lowest BCUT2D eigenvalue weighted by Crippen LogP contribution is -2.54. The summed E-state index contributed by atoms with van der Waals surface area (Å²) in [6.07, 6.45) is 2.16. The molecule has 0 bridgehead atoms. The summed E-state index contributed by atoms with van der Waals surface area (Å²) in [7, 11) is -6.48. The highest BCUT2D eigenvalue weighted by Gasteiger charge is 2.55. The van der Waals surface area contributed by atoms with Crippen molar-refractivity contribution < 1.29 is 18.0 Å². The molecule has 0 spiro atoms. The molecule has 0 radical (unpaired) electrons. The van der Waals surface area contributed by atoms with Gasteiger partial charge in [-0.05, 0) is 60.5 Å². The maximum Gasteiger partial charge on any atom is 0.192 e. The smallest absolute Gasteiger partial charge is 0.192 e. The van der Waals surface area contributed by atoms with Crippen LogP contribution in [0.15, 0.2) is 18.6 Å². The highest BCUT2D eigenvalue weighted by atomic mass is 28.4. The minimum Gasteiger partial charge on any atom is -0.414 e. The lowest BCUT2D eigenvalue weighted by Gasteiger charge is -2.44. The first kappa shape index (κ1) is 33.4. The van der Waals surface area contributed by atoms with Crippen LogP contribution >= 0.6 is 0 Å². The van der Waals surface area contributed by atoms with Crippen molar-refractivity contribution in [3.8, 4) is 0 Å². The molecule has 1 fully saturated rings. The second-order valence-electron chi connectivity index (χ2n) is 16.0. The number of hydrogen-bond acceptors (Lipinski definition) is 7. The van der Waals surface area contributed by atoms with Gasteiger partial charge in [0.2, 0.25) is 0 Å². The van der Waals surface area contributed by atoms with Gasteiger partial charge in [0.1, 0.15) is 23.8 Å². The summed E-state index contributed by atoms with van der Waals surface area (Å²) >= 11 is 0. The van der Waals surface area contributed by atoms with E-state index < -0.39 is 31.2 Å². The molecule has 228 valence electrons. The molecule has 8 nitrogen and oxygen atoms in total. The Labute approximate surface area is 246 Å². The first-order valence-electron chi connectivity index (χ1n) is 14.6. The van der Waals surface area contributed by atoms with Crippen LogP contribution in [0.1, 0.15) is 68.5 Å². The average molecular weight is 609 g/mol. The number of ether oxygens (including phenoxy) is 1. The van der Waals surface area contributed by atoms with Crippen LogP contribution in [0.4, 0.5) is 5.82 Å². The predicted octanol–water partition coefficient (Wildman–Crippen LogP) is 7.71. The van der Waals surface area contributed by atoms with E-state index in [0.29, 0.717) is 17.9 Å². The average Bonchev–Trinajstić information content (AvgIpc) is 3.32. The number of pyridine rings is 1. The van der Waals surface area contributed by atoms with Crippen LogP contribution in [0.5, 0.6) is 0 Å². The van der Waals surface area contributed by atoms with Gasteiger partial charge in [0, 0.05) is 6.20 Å². The quantitative estimate of drug-likeness (QED) is 0.307. The van der Waals surface area contributed by atoms with Gasteiger partial charge in [0.15, 0.2) is 37.0 Å². The third-order valence-electron chi connectivity index (χ3n) is 9.97. The van der Waals surface area contributed by atoms with Crippen LogP contribution in [0.2, 0.25) is 54.4 Å². The number of hydrogen-bond donors (Lipinski definition) is 1. The lowest BCUT2D eigenvalue weighted by atomic mass is 10.1. The Hall–Kier alpha value is -1.09. The van der Waals surface area contributed by atoms with E-state index in [1.165, 1.54) is 0 Å². The number of imidazole rings is 1. The molecule has 2 N–H and O–H groups in total. The van der Waals surface area contributed by atoms with E-state index in [-0.39, 0.29) is 33.4 Å². The molecule has 0 aliphatic carbocycles. The standard InChI is InChI=1S/C29H56N4O4Si3/c1-27(2,3)38(10,11)34-18-21-23(36-39(12,13)28(4,5)6)24(37-40(14,15)29(7,8)9)26(35-21)33-19-32-22-20(33)16-17-31-25(22)30/h16-17,19,21,23-24,26H,18H2,1-15H3,(H2,30,31)/t21-,23-,24-,26-/m1/s1. The topological polar surface area (TPSA) is 93.7 Å². The second kappa shape index (κ2) is 10.9. The molecule has 0 amide bonds. The Balaban J connectivity index is 2.15. The van der Waals surface area contributed by atoms with Gasteiger partial charge in [-0.2, -0.15) is 0 Å². The highest BCUT2D eigenvalue weighted by molar-refractivity contribution is 6.75. The zero-order valence-electron chi connectivity index (χ0n) is 27.8. The molecule has 3 rings (SSSR count). The molecular formula is C29H56N4O4Si3. The van der Waals surface area contributed by atoms with Crippen molar-refractivity contribution in [3.63, 3.8) is 0 Å². The molecule has 1 aliphatic heterocycles. The summed E-state index contributed by atoms with van der Waals surface area (Å²) in [6.45, 7) is 34.6. The van der Waals surface area contributed by atoms with Crippen molar-refractivity contribution in [2.24, 2.45) is 0 Å².